The predicted molar refractivity (Wildman–Crippen MR) is 78.9 cm³/mol. The Balaban J connectivity index is 3.04. The number of nitrogens with zero attached hydrogens (tertiary/aromatic N) is 2. The average Bonchev–Trinajstić information content (AvgIpc) is 2.28. The van der Waals surface area contributed by atoms with Crippen LogP contribution in [-0.4, -0.2) is 45.0 Å². The molecule has 0 spiro atoms. The highest BCUT2D eigenvalue weighted by Gasteiger charge is 2.14. The van der Waals surface area contributed by atoms with E-state index in [0.29, 0.717) is 11.3 Å². The van der Waals surface area contributed by atoms with E-state index in [4.69, 9.17) is 11.5 Å². The smallest absolute Gasteiger partial charge is 0.250 e. The molecule has 1 amide bonds. The van der Waals surface area contributed by atoms with E-state index < -0.39 is 5.91 Å². The molecular formula is C12H19BrN4O. The third-order valence-electron chi connectivity index (χ3n) is 2.68. The number of nitrogen functional groups attached to an aromatic ring is 1. The third-order valence-corrected chi connectivity index (χ3v) is 3.14. The van der Waals surface area contributed by atoms with Crippen LogP contribution in [0.4, 0.5) is 11.4 Å². The Bertz CT molecular complexity index is 448. The summed E-state index contributed by atoms with van der Waals surface area (Å²) in [7, 11) is 5.95. The van der Waals surface area contributed by atoms with E-state index in [2.05, 4.69) is 20.8 Å². The van der Waals surface area contributed by atoms with Crippen molar-refractivity contribution in [3.63, 3.8) is 0 Å². The van der Waals surface area contributed by atoms with Gasteiger partial charge in [-0.2, -0.15) is 0 Å². The molecule has 18 heavy (non-hydrogen) atoms. The summed E-state index contributed by atoms with van der Waals surface area (Å²) in [6.45, 7) is 1.71. The van der Waals surface area contributed by atoms with Gasteiger partial charge in [0.05, 0.1) is 16.9 Å². The van der Waals surface area contributed by atoms with E-state index in [1.54, 1.807) is 6.07 Å². The molecule has 0 aromatic heterocycles. The van der Waals surface area contributed by atoms with Gasteiger partial charge in [0.1, 0.15) is 0 Å². The summed E-state index contributed by atoms with van der Waals surface area (Å²) in [4.78, 5) is 15.4. The van der Waals surface area contributed by atoms with Gasteiger partial charge < -0.3 is 21.3 Å². The van der Waals surface area contributed by atoms with Gasteiger partial charge in [0.2, 0.25) is 0 Å². The Kier molecular flexibility index (Phi) is 4.98. The Morgan fingerprint density at radius 2 is 1.89 bits per heavy atom. The van der Waals surface area contributed by atoms with E-state index in [1.165, 1.54) is 0 Å². The van der Waals surface area contributed by atoms with Crippen LogP contribution in [0.2, 0.25) is 0 Å². The van der Waals surface area contributed by atoms with Gasteiger partial charge >= 0.3 is 0 Å². The summed E-state index contributed by atoms with van der Waals surface area (Å²) >= 11 is 3.36. The number of halogens is 1. The molecule has 1 aromatic rings. The lowest BCUT2D eigenvalue weighted by molar-refractivity contribution is 0.100. The van der Waals surface area contributed by atoms with Crippen molar-refractivity contribution in [1.82, 2.24) is 4.90 Å². The molecule has 0 fully saturated rings. The minimum absolute atomic E-state index is 0.344. The first-order valence-electron chi connectivity index (χ1n) is 5.57. The quantitative estimate of drug-likeness (QED) is 0.799. The van der Waals surface area contributed by atoms with E-state index in [1.807, 2.05) is 32.1 Å². The van der Waals surface area contributed by atoms with Crippen LogP contribution in [0.1, 0.15) is 10.4 Å². The molecule has 0 unspecified atom stereocenters. The Labute approximate surface area is 116 Å². The van der Waals surface area contributed by atoms with Gasteiger partial charge in [-0.15, -0.1) is 0 Å². The maximum Gasteiger partial charge on any atom is 0.250 e. The first kappa shape index (κ1) is 14.8. The van der Waals surface area contributed by atoms with Crippen LogP contribution in [0.3, 0.4) is 0 Å². The molecule has 6 heteroatoms. The zero-order chi connectivity index (χ0) is 13.9. The van der Waals surface area contributed by atoms with Crippen molar-refractivity contribution in [1.29, 1.82) is 0 Å². The van der Waals surface area contributed by atoms with Gasteiger partial charge in [0.15, 0.2) is 0 Å². The first-order chi connectivity index (χ1) is 8.32. The average molecular weight is 315 g/mol. The number of likely N-dealkylation sites (N-methyl/N-ethyl adjacent to an activating group) is 2. The second kappa shape index (κ2) is 6.06. The highest BCUT2D eigenvalue weighted by Crippen LogP contribution is 2.30. The molecular weight excluding hydrogens is 296 g/mol. The molecule has 0 heterocycles. The molecule has 0 aliphatic heterocycles. The van der Waals surface area contributed by atoms with Crippen molar-refractivity contribution in [3.8, 4) is 0 Å². The van der Waals surface area contributed by atoms with Crippen LogP contribution in [0.25, 0.3) is 0 Å². The number of anilines is 2. The number of amides is 1. The topological polar surface area (TPSA) is 75.6 Å². The van der Waals surface area contributed by atoms with E-state index in [0.717, 1.165) is 23.2 Å². The van der Waals surface area contributed by atoms with E-state index >= 15 is 0 Å². The maximum atomic E-state index is 11.3. The van der Waals surface area contributed by atoms with Crippen LogP contribution < -0.4 is 16.4 Å². The molecule has 5 nitrogen and oxygen atoms in total. The lowest BCUT2D eigenvalue weighted by atomic mass is 10.1. The highest BCUT2D eigenvalue weighted by atomic mass is 79.9. The monoisotopic (exact) mass is 314 g/mol. The fourth-order valence-corrected chi connectivity index (χ4v) is 2.04. The number of hydrogen-bond acceptors (Lipinski definition) is 4. The third kappa shape index (κ3) is 3.61. The van der Waals surface area contributed by atoms with Gasteiger partial charge in [0.25, 0.3) is 5.91 Å². The zero-order valence-corrected chi connectivity index (χ0v) is 12.5. The zero-order valence-electron chi connectivity index (χ0n) is 10.9. The normalized spacial score (nSPS) is 10.7. The first-order valence-corrected chi connectivity index (χ1v) is 6.37. The van der Waals surface area contributed by atoms with Crippen molar-refractivity contribution in [2.24, 2.45) is 5.73 Å². The molecule has 1 rings (SSSR count). The van der Waals surface area contributed by atoms with Crippen molar-refractivity contribution < 1.29 is 4.79 Å². The van der Waals surface area contributed by atoms with Crippen molar-refractivity contribution in [3.05, 3.63) is 22.2 Å². The van der Waals surface area contributed by atoms with Gasteiger partial charge in [0, 0.05) is 24.6 Å². The Morgan fingerprint density at radius 1 is 1.28 bits per heavy atom. The Morgan fingerprint density at radius 3 is 2.39 bits per heavy atom. The molecule has 4 N–H and O–H groups in total. The molecule has 100 valence electrons. The summed E-state index contributed by atoms with van der Waals surface area (Å²) in [5, 5.41) is 0. The van der Waals surface area contributed by atoms with Gasteiger partial charge in [-0.3, -0.25) is 4.79 Å². The molecule has 1 aromatic carbocycles. The second-order valence-corrected chi connectivity index (χ2v) is 5.39. The number of benzene rings is 1. The second-order valence-electron chi connectivity index (χ2n) is 4.48. The molecule has 0 aliphatic rings. The molecule has 0 saturated heterocycles. The Hall–Kier alpha value is -1.27. The summed E-state index contributed by atoms with van der Waals surface area (Å²) in [6.07, 6.45) is 0. The van der Waals surface area contributed by atoms with Gasteiger partial charge in [-0.05, 0) is 26.2 Å². The van der Waals surface area contributed by atoms with Gasteiger partial charge in [-0.25, -0.2) is 0 Å². The van der Waals surface area contributed by atoms with Crippen molar-refractivity contribution in [2.75, 3.05) is 44.9 Å². The number of carbonyl (C=O) groups excluding carboxylic acids is 1. The summed E-state index contributed by atoms with van der Waals surface area (Å²) in [5.41, 5.74) is 12.9. The summed E-state index contributed by atoms with van der Waals surface area (Å²) in [6, 6.07) is 3.53. The van der Waals surface area contributed by atoms with Crippen LogP contribution in [0, 0.1) is 0 Å². The van der Waals surface area contributed by atoms with E-state index in [-0.39, 0.29) is 0 Å². The number of hydrogen-bond donors (Lipinski definition) is 2. The molecule has 0 saturated carbocycles. The number of carbonyl (C=O) groups is 1. The minimum Gasteiger partial charge on any atom is -0.396 e. The lowest BCUT2D eigenvalue weighted by Gasteiger charge is -2.24. The number of primary amides is 1. The fourth-order valence-electron chi connectivity index (χ4n) is 1.59. The SMILES string of the molecule is CN(C)CCN(C)c1cc(Br)cc(C(N)=O)c1N. The summed E-state index contributed by atoms with van der Waals surface area (Å²) < 4.78 is 0.789. The van der Waals surface area contributed by atoms with Crippen LogP contribution in [0.15, 0.2) is 16.6 Å². The number of nitrogens with two attached hydrogens (primary N) is 2. The molecule has 0 atom stereocenters. The van der Waals surface area contributed by atoms with Crippen LogP contribution in [-0.2, 0) is 0 Å². The van der Waals surface area contributed by atoms with Gasteiger partial charge in [-0.1, -0.05) is 15.9 Å². The lowest BCUT2D eigenvalue weighted by Crippen LogP contribution is -2.29. The van der Waals surface area contributed by atoms with Crippen molar-refractivity contribution in [2.45, 2.75) is 0 Å². The van der Waals surface area contributed by atoms with Crippen LogP contribution >= 0.6 is 15.9 Å². The standard InChI is InChI=1S/C12H19BrN4O/c1-16(2)4-5-17(3)10-7-8(13)6-9(11(10)14)12(15)18/h6-7H,4-5,14H2,1-3H3,(H2,15,18). The minimum atomic E-state index is -0.518. The molecule has 0 bridgehead atoms. The highest BCUT2D eigenvalue weighted by molar-refractivity contribution is 9.10. The maximum absolute atomic E-state index is 11.3. The fraction of sp³-hybridized carbons (Fsp3) is 0.417. The molecule has 0 radical (unpaired) electrons. The van der Waals surface area contributed by atoms with E-state index in [9.17, 15) is 4.79 Å². The predicted octanol–water partition coefficient (Wildman–Crippen LogP) is 1.13. The van der Waals surface area contributed by atoms with Crippen molar-refractivity contribution >= 4 is 33.2 Å². The summed E-state index contributed by atoms with van der Waals surface area (Å²) in [5.74, 6) is -0.518. The molecule has 0 aliphatic carbocycles. The van der Waals surface area contributed by atoms with Crippen LogP contribution in [0.5, 0.6) is 0 Å². The number of rotatable bonds is 5. The largest absolute Gasteiger partial charge is 0.396 e.